The number of carbonyl (C=O) groups excluding carboxylic acids is 2. The van der Waals surface area contributed by atoms with Crippen LogP contribution in [0.3, 0.4) is 0 Å². The fourth-order valence-electron chi connectivity index (χ4n) is 3.93. The van der Waals surface area contributed by atoms with E-state index < -0.39 is 0 Å². The number of amides is 2. The first-order valence-corrected chi connectivity index (χ1v) is 11.1. The van der Waals surface area contributed by atoms with Crippen molar-refractivity contribution in [2.75, 3.05) is 25.6 Å². The van der Waals surface area contributed by atoms with Gasteiger partial charge in [-0.25, -0.2) is 0 Å². The van der Waals surface area contributed by atoms with E-state index in [1.807, 2.05) is 66.5 Å². The van der Waals surface area contributed by atoms with Crippen molar-refractivity contribution in [3.8, 4) is 5.75 Å². The number of hydrogen-bond donors (Lipinski definition) is 0. The number of ether oxygens (including phenoxy) is 1. The number of nitrogens with zero attached hydrogens (tertiary/aromatic N) is 2. The second kappa shape index (κ2) is 10.8. The van der Waals surface area contributed by atoms with E-state index in [4.69, 9.17) is 4.74 Å². The number of imide groups is 1. The Morgan fingerprint density at radius 2 is 1.48 bits per heavy atom. The van der Waals surface area contributed by atoms with E-state index in [1.54, 1.807) is 7.11 Å². The second-order valence-electron chi connectivity index (χ2n) is 7.88. The molecule has 0 fully saturated rings. The Morgan fingerprint density at radius 3 is 2.13 bits per heavy atom. The number of anilines is 1. The van der Waals surface area contributed by atoms with Gasteiger partial charge in [-0.3, -0.25) is 14.5 Å². The maximum Gasteiger partial charge on any atom is 0.278 e. The van der Waals surface area contributed by atoms with Gasteiger partial charge in [0.05, 0.1) is 12.7 Å². The lowest BCUT2D eigenvalue weighted by molar-refractivity contribution is -0.136. The summed E-state index contributed by atoms with van der Waals surface area (Å²) in [4.78, 5) is 30.0. The van der Waals surface area contributed by atoms with Gasteiger partial charge in [0.1, 0.15) is 11.4 Å². The van der Waals surface area contributed by atoms with Crippen LogP contribution in [0.25, 0.3) is 5.57 Å². The van der Waals surface area contributed by atoms with Gasteiger partial charge in [0.25, 0.3) is 11.8 Å². The van der Waals surface area contributed by atoms with Crippen molar-refractivity contribution in [3.63, 3.8) is 0 Å². The Bertz CT molecular complexity index is 919. The molecule has 0 atom stereocenters. The summed E-state index contributed by atoms with van der Waals surface area (Å²) in [5.74, 6) is 0.264. The maximum absolute atomic E-state index is 13.4. The third-order valence-electron chi connectivity index (χ3n) is 5.74. The number of rotatable bonds is 11. The molecule has 0 saturated heterocycles. The summed E-state index contributed by atoms with van der Waals surface area (Å²) in [5.41, 5.74) is 2.46. The molecule has 1 aliphatic heterocycles. The zero-order valence-corrected chi connectivity index (χ0v) is 18.8. The monoisotopic (exact) mass is 420 g/mol. The highest BCUT2D eigenvalue weighted by atomic mass is 16.5. The van der Waals surface area contributed by atoms with E-state index >= 15 is 0 Å². The van der Waals surface area contributed by atoms with Crippen LogP contribution < -0.4 is 9.64 Å². The average molecular weight is 421 g/mol. The van der Waals surface area contributed by atoms with E-state index in [0.29, 0.717) is 23.6 Å². The quantitative estimate of drug-likeness (QED) is 0.367. The maximum atomic E-state index is 13.4. The number of hydrogen-bond acceptors (Lipinski definition) is 4. The molecule has 0 aliphatic carbocycles. The molecule has 1 heterocycles. The fraction of sp³-hybridized carbons (Fsp3) is 0.385. The van der Waals surface area contributed by atoms with Gasteiger partial charge in [0.15, 0.2) is 0 Å². The molecule has 5 nitrogen and oxygen atoms in total. The number of unbranched alkanes of at least 4 members (excludes halogenated alkanes) is 5. The molecule has 5 heteroatoms. The van der Waals surface area contributed by atoms with E-state index in [2.05, 4.69) is 6.92 Å². The molecule has 31 heavy (non-hydrogen) atoms. The third kappa shape index (κ3) is 5.16. The predicted molar refractivity (Wildman–Crippen MR) is 125 cm³/mol. The molecule has 164 valence electrons. The van der Waals surface area contributed by atoms with Crippen molar-refractivity contribution in [2.24, 2.45) is 0 Å². The summed E-state index contributed by atoms with van der Waals surface area (Å²) in [7, 11) is 3.45. The summed E-state index contributed by atoms with van der Waals surface area (Å²) < 4.78 is 5.25. The van der Waals surface area contributed by atoms with Gasteiger partial charge in [-0.1, -0.05) is 69.4 Å². The molecule has 0 aromatic heterocycles. The minimum absolute atomic E-state index is 0.221. The Morgan fingerprint density at radius 1 is 0.839 bits per heavy atom. The SMILES string of the molecule is CCCCCCCCN1C(=O)C(c2ccc(OC)cc2)=C(N(C)c2ccccc2)C1=O. The molecule has 0 bridgehead atoms. The summed E-state index contributed by atoms with van der Waals surface area (Å²) in [6.07, 6.45) is 6.64. The molecule has 3 rings (SSSR count). The molecule has 2 aromatic rings. The van der Waals surface area contributed by atoms with Crippen molar-refractivity contribution in [2.45, 2.75) is 45.4 Å². The first kappa shape index (κ1) is 22.6. The van der Waals surface area contributed by atoms with Gasteiger partial charge in [0.2, 0.25) is 0 Å². The molecule has 2 amide bonds. The molecule has 0 N–H and O–H groups in total. The van der Waals surface area contributed by atoms with Crippen LogP contribution in [0, 0.1) is 0 Å². The average Bonchev–Trinajstić information content (AvgIpc) is 3.06. The van der Waals surface area contributed by atoms with E-state index in [1.165, 1.54) is 24.2 Å². The highest BCUT2D eigenvalue weighted by Gasteiger charge is 2.40. The molecule has 0 saturated carbocycles. The first-order chi connectivity index (χ1) is 15.1. The molecule has 0 radical (unpaired) electrons. The lowest BCUT2D eigenvalue weighted by Crippen LogP contribution is -2.35. The van der Waals surface area contributed by atoms with Crippen LogP contribution in [0.4, 0.5) is 5.69 Å². The van der Waals surface area contributed by atoms with E-state index in [-0.39, 0.29) is 11.8 Å². The molecular formula is C26H32N2O3. The first-order valence-electron chi connectivity index (χ1n) is 11.1. The number of likely N-dealkylation sites (N-methyl/N-ethyl adjacent to an activating group) is 1. The van der Waals surface area contributed by atoms with Gasteiger partial charge in [-0.05, 0) is 36.2 Å². The predicted octanol–water partition coefficient (Wildman–Crippen LogP) is 5.27. The van der Waals surface area contributed by atoms with Crippen molar-refractivity contribution < 1.29 is 14.3 Å². The largest absolute Gasteiger partial charge is 0.497 e. The van der Waals surface area contributed by atoms with Crippen LogP contribution in [0.2, 0.25) is 0 Å². The molecule has 0 unspecified atom stereocenters. The molecule has 1 aliphatic rings. The fourth-order valence-corrected chi connectivity index (χ4v) is 3.93. The van der Waals surface area contributed by atoms with Crippen molar-refractivity contribution in [1.82, 2.24) is 4.90 Å². The van der Waals surface area contributed by atoms with Crippen molar-refractivity contribution in [3.05, 3.63) is 65.9 Å². The van der Waals surface area contributed by atoms with E-state index in [9.17, 15) is 9.59 Å². The molecular weight excluding hydrogens is 388 g/mol. The van der Waals surface area contributed by atoms with Gasteiger partial charge < -0.3 is 9.64 Å². The number of carbonyl (C=O) groups is 2. The Balaban J connectivity index is 1.87. The Hall–Kier alpha value is -3.08. The van der Waals surface area contributed by atoms with Gasteiger partial charge in [-0.15, -0.1) is 0 Å². The minimum Gasteiger partial charge on any atom is -0.497 e. The highest BCUT2D eigenvalue weighted by molar-refractivity contribution is 6.36. The minimum atomic E-state index is -0.226. The van der Waals surface area contributed by atoms with Crippen LogP contribution in [-0.2, 0) is 9.59 Å². The lowest BCUT2D eigenvalue weighted by Gasteiger charge is -2.21. The third-order valence-corrected chi connectivity index (χ3v) is 5.74. The number of para-hydroxylation sites is 1. The zero-order chi connectivity index (χ0) is 22.2. The van der Waals surface area contributed by atoms with Crippen LogP contribution in [0.1, 0.15) is 51.0 Å². The van der Waals surface area contributed by atoms with Crippen molar-refractivity contribution in [1.29, 1.82) is 0 Å². The Kier molecular flexibility index (Phi) is 7.88. The summed E-state index contributed by atoms with van der Waals surface area (Å²) in [6.45, 7) is 2.65. The topological polar surface area (TPSA) is 49.9 Å². The van der Waals surface area contributed by atoms with Crippen LogP contribution in [0.15, 0.2) is 60.3 Å². The van der Waals surface area contributed by atoms with Crippen molar-refractivity contribution >= 4 is 23.1 Å². The highest BCUT2D eigenvalue weighted by Crippen LogP contribution is 2.34. The summed E-state index contributed by atoms with van der Waals surface area (Å²) in [5, 5.41) is 0. The van der Waals surface area contributed by atoms with Crippen LogP contribution in [0.5, 0.6) is 5.75 Å². The lowest BCUT2D eigenvalue weighted by atomic mass is 10.0. The van der Waals surface area contributed by atoms with Gasteiger partial charge >= 0.3 is 0 Å². The molecule has 0 spiro atoms. The van der Waals surface area contributed by atoms with Gasteiger partial charge in [-0.2, -0.15) is 0 Å². The van der Waals surface area contributed by atoms with E-state index in [0.717, 1.165) is 30.5 Å². The molecule has 2 aromatic carbocycles. The summed E-state index contributed by atoms with van der Waals surface area (Å²) in [6, 6.07) is 17.0. The second-order valence-corrected chi connectivity index (χ2v) is 7.88. The van der Waals surface area contributed by atoms with Gasteiger partial charge in [0, 0.05) is 19.3 Å². The van der Waals surface area contributed by atoms with Crippen LogP contribution in [-0.4, -0.2) is 37.4 Å². The smallest absolute Gasteiger partial charge is 0.278 e. The number of methoxy groups -OCH3 is 1. The number of benzene rings is 2. The van der Waals surface area contributed by atoms with Crippen LogP contribution >= 0.6 is 0 Å². The normalized spacial score (nSPS) is 13.8. The Labute approximate surface area is 185 Å². The zero-order valence-electron chi connectivity index (χ0n) is 18.8. The summed E-state index contributed by atoms with van der Waals surface area (Å²) >= 11 is 0. The standard InChI is InChI=1S/C26H32N2O3/c1-4-5-6-7-8-12-19-28-25(29)23(20-15-17-22(31-3)18-16-20)24(26(28)30)27(2)21-13-10-9-11-14-21/h9-11,13-18H,4-8,12,19H2,1-3H3.